The number of carbonyl (C=O) groups is 1. The number of amides is 1. The number of rotatable bonds is 9. The van der Waals surface area contributed by atoms with Crippen LogP contribution in [0, 0.1) is 6.07 Å². The van der Waals surface area contributed by atoms with Gasteiger partial charge in [-0.05, 0) is 69.5 Å². The van der Waals surface area contributed by atoms with E-state index in [0.29, 0.717) is 12.4 Å². The molecule has 0 heterocycles. The predicted molar refractivity (Wildman–Crippen MR) is 138 cm³/mol. The third-order valence-electron chi connectivity index (χ3n) is 4.71. The van der Waals surface area contributed by atoms with E-state index in [2.05, 4.69) is 6.07 Å². The zero-order valence-corrected chi connectivity index (χ0v) is 21.0. The second kappa shape index (κ2) is 11.7. The van der Waals surface area contributed by atoms with Gasteiger partial charge >= 0.3 is 6.09 Å². The Labute approximate surface area is 207 Å². The van der Waals surface area contributed by atoms with Crippen molar-refractivity contribution in [2.24, 2.45) is 0 Å². The zero-order chi connectivity index (χ0) is 25.3. The van der Waals surface area contributed by atoms with Crippen molar-refractivity contribution in [3.8, 4) is 5.75 Å². The van der Waals surface area contributed by atoms with Gasteiger partial charge in [0, 0.05) is 6.07 Å². The lowest BCUT2D eigenvalue weighted by Crippen LogP contribution is -2.41. The molecule has 0 spiro atoms. The first-order valence-electron chi connectivity index (χ1n) is 11.4. The van der Waals surface area contributed by atoms with Crippen LogP contribution >= 0.6 is 0 Å². The molecule has 6 nitrogen and oxygen atoms in total. The van der Waals surface area contributed by atoms with E-state index in [4.69, 9.17) is 9.47 Å². The van der Waals surface area contributed by atoms with Gasteiger partial charge in [0.25, 0.3) is 10.0 Å². The van der Waals surface area contributed by atoms with E-state index < -0.39 is 21.7 Å². The van der Waals surface area contributed by atoms with E-state index in [9.17, 15) is 13.2 Å². The molecule has 0 saturated heterocycles. The minimum absolute atomic E-state index is 0.00228. The zero-order valence-electron chi connectivity index (χ0n) is 20.2. The number of ether oxygens (including phenoxy) is 2. The summed E-state index contributed by atoms with van der Waals surface area (Å²) in [6.07, 6.45) is 4.50. The second-order valence-corrected chi connectivity index (χ2v) is 10.6. The van der Waals surface area contributed by atoms with Crippen molar-refractivity contribution in [3.63, 3.8) is 0 Å². The number of para-hydroxylation sites is 1. The monoisotopic (exact) mass is 492 g/mol. The number of nitrogens with zero attached hydrogens (tertiary/aromatic N) is 1. The van der Waals surface area contributed by atoms with Gasteiger partial charge in [-0.1, -0.05) is 60.7 Å². The summed E-state index contributed by atoms with van der Waals surface area (Å²) in [5.74, 6) is 0.714. The minimum Gasteiger partial charge on any atom is -0.493 e. The third kappa shape index (κ3) is 7.72. The summed E-state index contributed by atoms with van der Waals surface area (Å²) in [6.45, 7) is 5.64. The highest BCUT2D eigenvalue weighted by Gasteiger charge is 2.34. The van der Waals surface area contributed by atoms with Crippen LogP contribution in [0.1, 0.15) is 39.2 Å². The number of benzene rings is 3. The highest BCUT2D eigenvalue weighted by Crippen LogP contribution is 2.27. The number of hydrogen-bond acceptors (Lipinski definition) is 5. The lowest BCUT2D eigenvalue weighted by atomic mass is 10.1. The summed E-state index contributed by atoms with van der Waals surface area (Å²) in [5, 5.41) is 0. The van der Waals surface area contributed by atoms with E-state index in [1.54, 1.807) is 63.2 Å². The highest BCUT2D eigenvalue weighted by atomic mass is 32.2. The Morgan fingerprint density at radius 1 is 1.00 bits per heavy atom. The van der Waals surface area contributed by atoms with Crippen LogP contribution in [0.5, 0.6) is 5.75 Å². The van der Waals surface area contributed by atoms with Gasteiger partial charge in [-0.3, -0.25) is 0 Å². The van der Waals surface area contributed by atoms with Crippen molar-refractivity contribution in [1.82, 2.24) is 0 Å². The number of carbonyl (C=O) groups excluding carboxylic acids is 1. The summed E-state index contributed by atoms with van der Waals surface area (Å²) in [7, 11) is -4.19. The first-order valence-corrected chi connectivity index (χ1v) is 12.8. The van der Waals surface area contributed by atoms with Crippen molar-refractivity contribution < 1.29 is 22.7 Å². The average Bonchev–Trinajstić information content (AvgIpc) is 2.81. The molecule has 0 N–H and O–H groups in total. The molecule has 0 fully saturated rings. The van der Waals surface area contributed by atoms with Crippen molar-refractivity contribution in [1.29, 1.82) is 0 Å². The van der Waals surface area contributed by atoms with Crippen LogP contribution in [0.4, 0.5) is 10.5 Å². The molecule has 0 atom stereocenters. The predicted octanol–water partition coefficient (Wildman–Crippen LogP) is 6.49. The van der Waals surface area contributed by atoms with Crippen LogP contribution in [0.2, 0.25) is 0 Å². The largest absolute Gasteiger partial charge is 0.493 e. The molecule has 0 saturated carbocycles. The lowest BCUT2D eigenvalue weighted by Gasteiger charge is -2.27. The lowest BCUT2D eigenvalue weighted by molar-refractivity contribution is 0.0609. The summed E-state index contributed by atoms with van der Waals surface area (Å²) in [6, 6.07) is 25.1. The van der Waals surface area contributed by atoms with E-state index >= 15 is 0 Å². The van der Waals surface area contributed by atoms with Gasteiger partial charge in [0.1, 0.15) is 11.4 Å². The van der Waals surface area contributed by atoms with Crippen LogP contribution in [-0.4, -0.2) is 26.7 Å². The molecule has 3 aromatic rings. The molecule has 0 aliphatic rings. The fraction of sp³-hybridized carbons (Fsp3) is 0.250. The molecule has 183 valence electrons. The summed E-state index contributed by atoms with van der Waals surface area (Å²) >= 11 is 0. The van der Waals surface area contributed by atoms with E-state index in [1.165, 1.54) is 12.1 Å². The van der Waals surface area contributed by atoms with Crippen LogP contribution in [0.25, 0.3) is 6.08 Å². The number of hydrogen-bond donors (Lipinski definition) is 0. The van der Waals surface area contributed by atoms with Gasteiger partial charge < -0.3 is 9.47 Å². The summed E-state index contributed by atoms with van der Waals surface area (Å²) in [4.78, 5) is 13.0. The molecule has 0 bridgehead atoms. The maximum Gasteiger partial charge on any atom is 0.429 e. The number of allylic oxidation sites excluding steroid dienone is 1. The Bertz CT molecular complexity index is 1230. The second-order valence-electron chi connectivity index (χ2n) is 8.78. The molecule has 7 heteroatoms. The Morgan fingerprint density at radius 2 is 1.74 bits per heavy atom. The van der Waals surface area contributed by atoms with E-state index in [-0.39, 0.29) is 10.6 Å². The van der Waals surface area contributed by atoms with Crippen LogP contribution < -0.4 is 9.04 Å². The van der Waals surface area contributed by atoms with Crippen molar-refractivity contribution >= 4 is 27.9 Å². The summed E-state index contributed by atoms with van der Waals surface area (Å²) in [5.41, 5.74) is 0.100. The molecule has 0 aliphatic heterocycles. The number of unbranched alkanes of at least 4 members (excludes halogenated alkanes) is 1. The molecule has 0 aromatic heterocycles. The molecule has 1 radical (unpaired) electrons. The van der Waals surface area contributed by atoms with Crippen LogP contribution in [0.3, 0.4) is 0 Å². The van der Waals surface area contributed by atoms with Gasteiger partial charge in [-0.15, -0.1) is 0 Å². The molecule has 1 amide bonds. The van der Waals surface area contributed by atoms with Crippen LogP contribution in [0.15, 0.2) is 89.8 Å². The standard InChI is InChI=1S/C28H30NO5S/c1-28(2,3)34-27(30)29(35(31,32)26-19-10-5-11-20-26)24-16-13-15-23(22-24)14-7-6-12-21-33-25-17-8-4-9-18-25/h4-5,7-11,13-17,19-20,22H,6,12,21H2,1-3H3/b14-7+. The van der Waals surface area contributed by atoms with Gasteiger partial charge in [0.2, 0.25) is 0 Å². The van der Waals surface area contributed by atoms with Gasteiger partial charge in [0.15, 0.2) is 0 Å². The molecule has 0 unspecified atom stereocenters. The fourth-order valence-corrected chi connectivity index (χ4v) is 4.50. The molecular weight excluding hydrogens is 462 g/mol. The normalized spacial score (nSPS) is 11.9. The quantitative estimate of drug-likeness (QED) is 0.319. The smallest absolute Gasteiger partial charge is 0.429 e. The molecular formula is C28H30NO5S. The molecule has 0 aliphatic carbocycles. The maximum absolute atomic E-state index is 13.4. The van der Waals surface area contributed by atoms with E-state index in [0.717, 1.165) is 22.7 Å². The first-order chi connectivity index (χ1) is 16.7. The number of sulfonamides is 1. The Kier molecular flexibility index (Phi) is 8.71. The minimum atomic E-state index is -4.19. The fourth-order valence-electron chi connectivity index (χ4n) is 3.17. The van der Waals surface area contributed by atoms with Crippen molar-refractivity contribution in [2.45, 2.75) is 44.1 Å². The van der Waals surface area contributed by atoms with Crippen LogP contribution in [-0.2, 0) is 14.8 Å². The van der Waals surface area contributed by atoms with Gasteiger partial charge in [0.05, 0.1) is 17.2 Å². The maximum atomic E-state index is 13.4. The van der Waals surface area contributed by atoms with Crippen molar-refractivity contribution in [3.05, 3.63) is 96.6 Å². The topological polar surface area (TPSA) is 72.9 Å². The van der Waals surface area contributed by atoms with E-state index in [1.807, 2.05) is 36.4 Å². The molecule has 35 heavy (non-hydrogen) atoms. The third-order valence-corrected chi connectivity index (χ3v) is 6.42. The van der Waals surface area contributed by atoms with Gasteiger partial charge in [-0.2, -0.15) is 4.31 Å². The molecule has 3 aromatic carbocycles. The number of anilines is 1. The Balaban J connectivity index is 1.76. The summed E-state index contributed by atoms with van der Waals surface area (Å²) < 4.78 is 38.6. The Hall–Kier alpha value is -3.58. The Morgan fingerprint density at radius 3 is 2.43 bits per heavy atom. The average molecular weight is 493 g/mol. The van der Waals surface area contributed by atoms with Gasteiger partial charge in [-0.25, -0.2) is 13.2 Å². The SMILES string of the molecule is CC(C)(C)OC(=O)N(c1cccc(/C=C/CCCOc2[c]cccc2)c1)S(=O)(=O)c1ccccc1. The molecule has 3 rings (SSSR count). The first kappa shape index (κ1) is 26.0. The highest BCUT2D eigenvalue weighted by molar-refractivity contribution is 7.93. The van der Waals surface area contributed by atoms with Crippen molar-refractivity contribution in [2.75, 3.05) is 10.9 Å².